The van der Waals surface area contributed by atoms with Crippen LogP contribution < -0.4 is 20.9 Å². The van der Waals surface area contributed by atoms with Crippen molar-refractivity contribution in [3.8, 4) is 11.5 Å². The molecule has 1 saturated carbocycles. The Morgan fingerprint density at radius 1 is 1.19 bits per heavy atom. The van der Waals surface area contributed by atoms with Gasteiger partial charge in [-0.25, -0.2) is 0 Å². The highest BCUT2D eigenvalue weighted by Crippen LogP contribution is 2.50. The van der Waals surface area contributed by atoms with Gasteiger partial charge in [0.1, 0.15) is 17.2 Å². The minimum Gasteiger partial charge on any atom is -0.494 e. The third-order valence-corrected chi connectivity index (χ3v) is 3.40. The largest absolute Gasteiger partial charge is 0.494 e. The molecule has 1 aromatic carbocycles. The summed E-state index contributed by atoms with van der Waals surface area (Å²) in [5.74, 6) is 1.32. The minimum atomic E-state index is 0.119. The molecule has 1 aromatic rings. The molecule has 0 unspecified atom stereocenters. The summed E-state index contributed by atoms with van der Waals surface area (Å²) < 4.78 is 10.5. The summed E-state index contributed by atoms with van der Waals surface area (Å²) in [6, 6.07) is 3.94. The number of ether oxygens (including phenoxy) is 2. The Balaban J connectivity index is 2.47. The molecule has 4 heteroatoms. The van der Waals surface area contributed by atoms with Gasteiger partial charge in [-0.15, -0.1) is 0 Å². The molecule has 0 saturated heterocycles. The number of hydrogen-bond donors (Lipinski definition) is 2. The molecule has 16 heavy (non-hydrogen) atoms. The maximum atomic E-state index is 5.90. The molecule has 1 aliphatic carbocycles. The SMILES string of the molecule is COc1cc(C2(CN)CC2)cc(OC)c1N. The van der Waals surface area contributed by atoms with E-state index >= 15 is 0 Å². The highest BCUT2D eigenvalue weighted by Gasteiger charge is 2.43. The van der Waals surface area contributed by atoms with Gasteiger partial charge >= 0.3 is 0 Å². The van der Waals surface area contributed by atoms with Crippen molar-refractivity contribution in [3.63, 3.8) is 0 Å². The van der Waals surface area contributed by atoms with Gasteiger partial charge in [-0.2, -0.15) is 0 Å². The van der Waals surface area contributed by atoms with Crippen LogP contribution in [0.15, 0.2) is 12.1 Å². The van der Waals surface area contributed by atoms with Crippen LogP contribution in [0.1, 0.15) is 18.4 Å². The van der Waals surface area contributed by atoms with Crippen molar-refractivity contribution in [2.24, 2.45) is 5.73 Å². The van der Waals surface area contributed by atoms with E-state index in [0.717, 1.165) is 18.4 Å². The molecule has 1 aliphatic rings. The molecule has 0 spiro atoms. The number of nitrogen functional groups attached to an aromatic ring is 1. The third kappa shape index (κ3) is 1.59. The molecule has 0 atom stereocenters. The average Bonchev–Trinajstić information content (AvgIpc) is 3.10. The average molecular weight is 222 g/mol. The van der Waals surface area contributed by atoms with E-state index in [9.17, 15) is 0 Å². The quantitative estimate of drug-likeness (QED) is 0.753. The van der Waals surface area contributed by atoms with Gasteiger partial charge < -0.3 is 20.9 Å². The maximum Gasteiger partial charge on any atom is 0.145 e. The van der Waals surface area contributed by atoms with E-state index in [1.807, 2.05) is 12.1 Å². The predicted octanol–water partition coefficient (Wildman–Crippen LogP) is 1.28. The second-order valence-corrected chi connectivity index (χ2v) is 4.28. The Morgan fingerprint density at radius 3 is 2.00 bits per heavy atom. The summed E-state index contributed by atoms with van der Waals surface area (Å²) in [4.78, 5) is 0. The van der Waals surface area contributed by atoms with Crippen molar-refractivity contribution in [1.82, 2.24) is 0 Å². The van der Waals surface area contributed by atoms with Crippen LogP contribution >= 0.6 is 0 Å². The maximum absolute atomic E-state index is 5.90. The van der Waals surface area contributed by atoms with Gasteiger partial charge in [0, 0.05) is 12.0 Å². The van der Waals surface area contributed by atoms with Crippen molar-refractivity contribution >= 4 is 5.69 Å². The number of anilines is 1. The summed E-state index contributed by atoms with van der Waals surface area (Å²) in [5, 5.41) is 0. The predicted molar refractivity (Wildman–Crippen MR) is 63.9 cm³/mol. The second kappa shape index (κ2) is 3.87. The van der Waals surface area contributed by atoms with Gasteiger partial charge in [-0.3, -0.25) is 0 Å². The van der Waals surface area contributed by atoms with Gasteiger partial charge in [0.2, 0.25) is 0 Å². The van der Waals surface area contributed by atoms with Crippen LogP contribution in [0.4, 0.5) is 5.69 Å². The Labute approximate surface area is 95.5 Å². The number of hydrogen-bond acceptors (Lipinski definition) is 4. The zero-order chi connectivity index (χ0) is 11.8. The van der Waals surface area contributed by atoms with Crippen molar-refractivity contribution in [2.45, 2.75) is 18.3 Å². The monoisotopic (exact) mass is 222 g/mol. The lowest BCUT2D eigenvalue weighted by Gasteiger charge is -2.17. The molecular weight excluding hydrogens is 204 g/mol. The van der Waals surface area contributed by atoms with Crippen LogP contribution in [0.5, 0.6) is 11.5 Å². The molecule has 0 bridgehead atoms. The molecule has 4 nitrogen and oxygen atoms in total. The fraction of sp³-hybridized carbons (Fsp3) is 0.500. The minimum absolute atomic E-state index is 0.119. The fourth-order valence-electron chi connectivity index (χ4n) is 2.01. The van der Waals surface area contributed by atoms with Crippen molar-refractivity contribution in [2.75, 3.05) is 26.5 Å². The van der Waals surface area contributed by atoms with Gasteiger partial charge in [-0.1, -0.05) is 0 Å². The van der Waals surface area contributed by atoms with Crippen molar-refractivity contribution in [3.05, 3.63) is 17.7 Å². The first kappa shape index (κ1) is 11.1. The van der Waals surface area contributed by atoms with Crippen LogP contribution in [0, 0.1) is 0 Å². The normalized spacial score (nSPS) is 16.9. The van der Waals surface area contributed by atoms with Gasteiger partial charge in [0.05, 0.1) is 14.2 Å². The van der Waals surface area contributed by atoms with E-state index in [1.54, 1.807) is 14.2 Å². The summed E-state index contributed by atoms with van der Waals surface area (Å²) in [6.45, 7) is 0.656. The first-order valence-corrected chi connectivity index (χ1v) is 5.39. The lowest BCUT2D eigenvalue weighted by Crippen LogP contribution is -2.20. The molecule has 88 valence electrons. The molecule has 2 rings (SSSR count). The fourth-order valence-corrected chi connectivity index (χ4v) is 2.01. The third-order valence-electron chi connectivity index (χ3n) is 3.40. The van der Waals surface area contributed by atoms with E-state index in [2.05, 4.69) is 0 Å². The number of nitrogens with two attached hydrogens (primary N) is 2. The summed E-state index contributed by atoms with van der Waals surface area (Å²) >= 11 is 0. The Morgan fingerprint density at radius 2 is 1.69 bits per heavy atom. The molecule has 0 radical (unpaired) electrons. The van der Waals surface area contributed by atoms with Crippen LogP contribution in [0.25, 0.3) is 0 Å². The molecule has 0 amide bonds. The Bertz CT molecular complexity index is 375. The molecule has 0 aromatic heterocycles. The van der Waals surface area contributed by atoms with Gasteiger partial charge in [0.15, 0.2) is 0 Å². The second-order valence-electron chi connectivity index (χ2n) is 4.28. The van der Waals surface area contributed by atoms with Crippen molar-refractivity contribution < 1.29 is 9.47 Å². The highest BCUT2D eigenvalue weighted by molar-refractivity contribution is 5.65. The van der Waals surface area contributed by atoms with Gasteiger partial charge in [0.25, 0.3) is 0 Å². The first-order valence-electron chi connectivity index (χ1n) is 5.39. The number of benzene rings is 1. The van der Waals surface area contributed by atoms with E-state index in [-0.39, 0.29) is 5.41 Å². The molecule has 0 aliphatic heterocycles. The van der Waals surface area contributed by atoms with Crippen LogP contribution in [0.3, 0.4) is 0 Å². The summed E-state index contributed by atoms with van der Waals surface area (Å²) in [5.41, 5.74) is 13.5. The summed E-state index contributed by atoms with van der Waals surface area (Å²) in [7, 11) is 3.22. The first-order chi connectivity index (χ1) is 7.66. The van der Waals surface area contributed by atoms with Crippen LogP contribution in [-0.4, -0.2) is 20.8 Å². The van der Waals surface area contributed by atoms with Crippen molar-refractivity contribution in [1.29, 1.82) is 0 Å². The Kier molecular flexibility index (Phi) is 2.68. The number of rotatable bonds is 4. The number of methoxy groups -OCH3 is 2. The van der Waals surface area contributed by atoms with Gasteiger partial charge in [-0.05, 0) is 30.5 Å². The van der Waals surface area contributed by atoms with E-state index in [1.165, 1.54) is 0 Å². The van der Waals surface area contributed by atoms with E-state index < -0.39 is 0 Å². The molecule has 1 fully saturated rings. The highest BCUT2D eigenvalue weighted by atomic mass is 16.5. The van der Waals surface area contributed by atoms with Crippen LogP contribution in [0.2, 0.25) is 0 Å². The van der Waals surface area contributed by atoms with E-state index in [0.29, 0.717) is 23.7 Å². The topological polar surface area (TPSA) is 70.5 Å². The lowest BCUT2D eigenvalue weighted by molar-refractivity contribution is 0.396. The standard InChI is InChI=1S/C12H18N2O2/c1-15-9-5-8(12(7-13)3-4-12)6-10(16-2)11(9)14/h5-6H,3-4,7,13-14H2,1-2H3. The molecular formula is C12H18N2O2. The zero-order valence-corrected chi connectivity index (χ0v) is 9.75. The molecule has 4 N–H and O–H groups in total. The lowest BCUT2D eigenvalue weighted by atomic mass is 9.95. The Hall–Kier alpha value is -1.42. The summed E-state index contributed by atoms with van der Waals surface area (Å²) in [6.07, 6.45) is 2.25. The van der Waals surface area contributed by atoms with E-state index in [4.69, 9.17) is 20.9 Å². The van der Waals surface area contributed by atoms with Crippen LogP contribution in [-0.2, 0) is 5.41 Å². The zero-order valence-electron chi connectivity index (χ0n) is 9.75. The molecule has 0 heterocycles. The smallest absolute Gasteiger partial charge is 0.145 e.